The SMILES string of the molecule is CCN(CC(F)(F)F)C(=O)c1ccc(SC(F)(F)F)cc1. The number of hydrogen-bond donors (Lipinski definition) is 0. The van der Waals surface area contributed by atoms with Crippen molar-refractivity contribution in [3.63, 3.8) is 0 Å². The van der Waals surface area contributed by atoms with Crippen LogP contribution in [0.2, 0.25) is 0 Å². The predicted molar refractivity (Wildman–Crippen MR) is 66.0 cm³/mol. The summed E-state index contributed by atoms with van der Waals surface area (Å²) in [6.45, 7) is -0.170. The van der Waals surface area contributed by atoms with Crippen molar-refractivity contribution in [3.8, 4) is 0 Å². The fraction of sp³-hybridized carbons (Fsp3) is 0.417. The number of halogens is 6. The van der Waals surface area contributed by atoms with Crippen LogP contribution in [0.4, 0.5) is 26.3 Å². The summed E-state index contributed by atoms with van der Waals surface area (Å²) < 4.78 is 73.3. The standard InChI is InChI=1S/C12H11F6NOS/c1-2-19(7-11(13,14)15)10(20)8-3-5-9(6-4-8)21-12(16,17)18/h3-6H,2,7H2,1H3. The Bertz CT molecular complexity index is 482. The molecule has 0 fully saturated rings. The Balaban J connectivity index is 2.83. The third kappa shape index (κ3) is 6.28. The Hall–Kier alpha value is -1.38. The van der Waals surface area contributed by atoms with Crippen LogP contribution < -0.4 is 0 Å². The molecule has 1 amide bonds. The van der Waals surface area contributed by atoms with Crippen molar-refractivity contribution in [2.24, 2.45) is 0 Å². The van der Waals surface area contributed by atoms with E-state index in [0.29, 0.717) is 4.90 Å². The van der Waals surface area contributed by atoms with Gasteiger partial charge in [-0.05, 0) is 43.0 Å². The highest BCUT2D eigenvalue weighted by Crippen LogP contribution is 2.36. The molecule has 0 saturated carbocycles. The highest BCUT2D eigenvalue weighted by Gasteiger charge is 2.33. The maximum absolute atomic E-state index is 12.3. The van der Waals surface area contributed by atoms with E-state index in [1.807, 2.05) is 0 Å². The molecule has 1 rings (SSSR count). The van der Waals surface area contributed by atoms with E-state index in [4.69, 9.17) is 0 Å². The van der Waals surface area contributed by atoms with E-state index in [0.717, 1.165) is 24.3 Å². The van der Waals surface area contributed by atoms with Gasteiger partial charge in [0.15, 0.2) is 0 Å². The third-order valence-electron chi connectivity index (χ3n) is 2.37. The van der Waals surface area contributed by atoms with Gasteiger partial charge in [0.05, 0.1) is 0 Å². The average molecular weight is 331 g/mol. The molecule has 0 bridgehead atoms. The van der Waals surface area contributed by atoms with Gasteiger partial charge in [0, 0.05) is 17.0 Å². The summed E-state index contributed by atoms with van der Waals surface area (Å²) in [4.78, 5) is 12.3. The van der Waals surface area contributed by atoms with Crippen molar-refractivity contribution in [2.75, 3.05) is 13.1 Å². The van der Waals surface area contributed by atoms with E-state index in [1.165, 1.54) is 6.92 Å². The molecular formula is C12H11F6NOS. The molecule has 0 heterocycles. The van der Waals surface area contributed by atoms with Gasteiger partial charge >= 0.3 is 11.7 Å². The average Bonchev–Trinajstić information content (AvgIpc) is 2.33. The van der Waals surface area contributed by atoms with Crippen LogP contribution in [-0.2, 0) is 0 Å². The molecular weight excluding hydrogens is 320 g/mol. The number of thioether (sulfide) groups is 1. The van der Waals surface area contributed by atoms with Crippen molar-refractivity contribution < 1.29 is 31.1 Å². The molecule has 0 saturated heterocycles. The Morgan fingerprint density at radius 3 is 2.00 bits per heavy atom. The summed E-state index contributed by atoms with van der Waals surface area (Å²) in [7, 11) is 0. The minimum Gasteiger partial charge on any atom is -0.330 e. The third-order valence-corrected chi connectivity index (χ3v) is 3.11. The van der Waals surface area contributed by atoms with E-state index in [2.05, 4.69) is 0 Å². The lowest BCUT2D eigenvalue weighted by atomic mass is 10.2. The van der Waals surface area contributed by atoms with Crippen molar-refractivity contribution >= 4 is 17.7 Å². The molecule has 0 aliphatic rings. The molecule has 0 aromatic heterocycles. The topological polar surface area (TPSA) is 20.3 Å². The van der Waals surface area contributed by atoms with Crippen LogP contribution in [0.5, 0.6) is 0 Å². The van der Waals surface area contributed by atoms with Gasteiger partial charge in [-0.3, -0.25) is 4.79 Å². The quantitative estimate of drug-likeness (QED) is 0.605. The van der Waals surface area contributed by atoms with Crippen molar-refractivity contribution in [1.82, 2.24) is 4.90 Å². The molecule has 1 aromatic carbocycles. The number of alkyl halides is 6. The molecule has 0 spiro atoms. The number of benzene rings is 1. The first-order chi connectivity index (χ1) is 9.52. The summed E-state index contributed by atoms with van der Waals surface area (Å²) in [6.07, 6.45) is -4.53. The van der Waals surface area contributed by atoms with Gasteiger partial charge in [-0.2, -0.15) is 26.3 Å². The van der Waals surface area contributed by atoms with Gasteiger partial charge in [-0.1, -0.05) is 0 Å². The summed E-state index contributed by atoms with van der Waals surface area (Å²) in [5, 5.41) is 0. The van der Waals surface area contributed by atoms with Gasteiger partial charge in [-0.25, -0.2) is 0 Å². The van der Waals surface area contributed by atoms with Gasteiger partial charge in [0.25, 0.3) is 5.91 Å². The Labute approximate surface area is 121 Å². The molecule has 0 N–H and O–H groups in total. The lowest BCUT2D eigenvalue weighted by Gasteiger charge is -2.22. The lowest BCUT2D eigenvalue weighted by Crippen LogP contribution is -2.38. The van der Waals surface area contributed by atoms with Crippen LogP contribution in [0.25, 0.3) is 0 Å². The van der Waals surface area contributed by atoms with E-state index >= 15 is 0 Å². The second-order valence-electron chi connectivity index (χ2n) is 4.01. The van der Waals surface area contributed by atoms with Crippen LogP contribution in [0.1, 0.15) is 17.3 Å². The first-order valence-electron chi connectivity index (χ1n) is 5.73. The highest BCUT2D eigenvalue weighted by atomic mass is 32.2. The largest absolute Gasteiger partial charge is 0.446 e. The molecule has 0 aliphatic carbocycles. The van der Waals surface area contributed by atoms with Crippen LogP contribution >= 0.6 is 11.8 Å². The first-order valence-corrected chi connectivity index (χ1v) is 6.55. The fourth-order valence-electron chi connectivity index (χ4n) is 1.53. The highest BCUT2D eigenvalue weighted by molar-refractivity contribution is 8.00. The molecule has 118 valence electrons. The van der Waals surface area contributed by atoms with Gasteiger partial charge in [0.2, 0.25) is 0 Å². The summed E-state index contributed by atoms with van der Waals surface area (Å²) >= 11 is -0.360. The Morgan fingerprint density at radius 2 is 1.62 bits per heavy atom. The maximum Gasteiger partial charge on any atom is 0.446 e. The number of rotatable bonds is 4. The minimum absolute atomic E-state index is 0.0902. The van der Waals surface area contributed by atoms with E-state index < -0.39 is 24.1 Å². The summed E-state index contributed by atoms with van der Waals surface area (Å²) in [5.74, 6) is -0.876. The molecule has 0 unspecified atom stereocenters. The van der Waals surface area contributed by atoms with E-state index in [1.54, 1.807) is 0 Å². The van der Waals surface area contributed by atoms with Gasteiger partial charge < -0.3 is 4.90 Å². The van der Waals surface area contributed by atoms with E-state index in [-0.39, 0.29) is 28.8 Å². The van der Waals surface area contributed by atoms with Gasteiger partial charge in [0.1, 0.15) is 6.54 Å². The number of nitrogens with zero attached hydrogens (tertiary/aromatic N) is 1. The summed E-state index contributed by atoms with van der Waals surface area (Å²) in [6, 6.07) is 4.25. The Kier molecular flexibility index (Phi) is 5.54. The molecule has 0 atom stereocenters. The zero-order chi connectivity index (χ0) is 16.3. The van der Waals surface area contributed by atoms with Crippen LogP contribution in [0.15, 0.2) is 29.2 Å². The second kappa shape index (κ2) is 6.59. The molecule has 9 heteroatoms. The number of amides is 1. The Morgan fingerprint density at radius 1 is 1.10 bits per heavy atom. The number of carbonyl (C=O) groups is 1. The second-order valence-corrected chi connectivity index (χ2v) is 5.15. The molecule has 21 heavy (non-hydrogen) atoms. The minimum atomic E-state index is -4.53. The van der Waals surface area contributed by atoms with Crippen molar-refractivity contribution in [1.29, 1.82) is 0 Å². The smallest absolute Gasteiger partial charge is 0.330 e. The normalized spacial score (nSPS) is 12.3. The predicted octanol–water partition coefficient (Wildman–Crippen LogP) is 4.32. The van der Waals surface area contributed by atoms with Crippen molar-refractivity contribution in [3.05, 3.63) is 29.8 Å². The maximum atomic E-state index is 12.3. The van der Waals surface area contributed by atoms with E-state index in [9.17, 15) is 31.1 Å². The first kappa shape index (κ1) is 17.7. The fourth-order valence-corrected chi connectivity index (χ4v) is 2.06. The molecule has 0 aliphatic heterocycles. The monoisotopic (exact) mass is 331 g/mol. The van der Waals surface area contributed by atoms with Crippen LogP contribution in [0, 0.1) is 0 Å². The zero-order valence-electron chi connectivity index (χ0n) is 10.8. The number of carbonyl (C=O) groups excluding carboxylic acids is 1. The van der Waals surface area contributed by atoms with Gasteiger partial charge in [-0.15, -0.1) is 0 Å². The molecule has 0 radical (unpaired) electrons. The zero-order valence-corrected chi connectivity index (χ0v) is 11.6. The van der Waals surface area contributed by atoms with Crippen molar-refractivity contribution in [2.45, 2.75) is 23.5 Å². The van der Waals surface area contributed by atoms with Crippen LogP contribution in [0.3, 0.4) is 0 Å². The number of hydrogen-bond acceptors (Lipinski definition) is 2. The molecule has 1 aromatic rings. The van der Waals surface area contributed by atoms with Crippen LogP contribution in [-0.4, -0.2) is 35.6 Å². The summed E-state index contributed by atoms with van der Waals surface area (Å²) in [5.41, 5.74) is -4.55. The lowest BCUT2D eigenvalue weighted by molar-refractivity contribution is -0.140. The molecule has 2 nitrogen and oxygen atoms in total.